The van der Waals surface area contributed by atoms with Gasteiger partial charge in [-0.3, -0.25) is 0 Å². The lowest BCUT2D eigenvalue weighted by atomic mass is 10.1. The molecule has 0 spiro atoms. The van der Waals surface area contributed by atoms with Gasteiger partial charge in [0.25, 0.3) is 0 Å². The third-order valence-electron chi connectivity index (χ3n) is 3.78. The molecule has 2 aromatic carbocycles. The third-order valence-corrected chi connectivity index (χ3v) is 3.78. The summed E-state index contributed by atoms with van der Waals surface area (Å²) in [5.41, 5.74) is 3.50. The molecule has 0 saturated heterocycles. The summed E-state index contributed by atoms with van der Waals surface area (Å²) >= 11 is 0. The minimum atomic E-state index is -1.03. The second kappa shape index (κ2) is 8.11. The number of benzene rings is 2. The molecule has 132 valence electrons. The minimum absolute atomic E-state index is 0.411. The van der Waals surface area contributed by atoms with E-state index in [1.54, 1.807) is 10.7 Å². The van der Waals surface area contributed by atoms with Crippen molar-refractivity contribution in [2.45, 2.75) is 13.0 Å². The number of carboxylic acids is 1. The van der Waals surface area contributed by atoms with Crippen LogP contribution in [-0.4, -0.2) is 32.7 Å². The number of carbonyl (C=O) groups is 1. The normalized spacial score (nSPS) is 10.5. The zero-order valence-corrected chi connectivity index (χ0v) is 14.2. The number of hydrogen-bond acceptors (Lipinski definition) is 4. The van der Waals surface area contributed by atoms with Gasteiger partial charge >= 0.3 is 5.97 Å². The van der Waals surface area contributed by atoms with Gasteiger partial charge in [-0.05, 0) is 29.7 Å². The Bertz CT molecular complexity index is 904. The Morgan fingerprint density at radius 1 is 1.19 bits per heavy atom. The highest BCUT2D eigenvalue weighted by molar-refractivity contribution is 5.71. The van der Waals surface area contributed by atoms with E-state index in [0.717, 1.165) is 11.1 Å². The van der Waals surface area contributed by atoms with Crippen molar-refractivity contribution in [2.75, 3.05) is 6.61 Å². The van der Waals surface area contributed by atoms with Crippen molar-refractivity contribution in [1.29, 1.82) is 0 Å². The lowest BCUT2D eigenvalue weighted by Gasteiger charge is -2.10. The van der Waals surface area contributed by atoms with Crippen LogP contribution < -0.4 is 4.74 Å². The smallest absolute Gasteiger partial charge is 0.341 e. The van der Waals surface area contributed by atoms with Gasteiger partial charge in [0.2, 0.25) is 0 Å². The van der Waals surface area contributed by atoms with Crippen molar-refractivity contribution < 1.29 is 14.6 Å². The second-order valence-electron chi connectivity index (χ2n) is 5.79. The van der Waals surface area contributed by atoms with Crippen LogP contribution in [0.5, 0.6) is 5.75 Å². The molecule has 26 heavy (non-hydrogen) atoms. The molecule has 0 aliphatic rings. The van der Waals surface area contributed by atoms with Gasteiger partial charge in [-0.1, -0.05) is 47.7 Å². The predicted octanol–water partition coefficient (Wildman–Crippen LogP) is 3.19. The summed E-state index contributed by atoms with van der Waals surface area (Å²) in [5.74, 6) is -0.564. The highest BCUT2D eigenvalue weighted by Crippen LogP contribution is 2.30. The molecule has 0 aliphatic carbocycles. The molecule has 0 aliphatic heterocycles. The molecule has 0 atom stereocenters. The van der Waals surface area contributed by atoms with E-state index in [1.165, 1.54) is 0 Å². The lowest BCUT2D eigenvalue weighted by molar-refractivity contribution is -0.139. The molecule has 0 fully saturated rings. The Morgan fingerprint density at radius 2 is 2.00 bits per heavy atom. The second-order valence-corrected chi connectivity index (χ2v) is 5.79. The average molecular weight is 349 g/mol. The zero-order chi connectivity index (χ0) is 18.4. The number of allylic oxidation sites excluding steroid dienone is 1. The summed E-state index contributed by atoms with van der Waals surface area (Å²) in [6.07, 6.45) is 4.33. The largest absolute Gasteiger partial charge is 0.481 e. The lowest BCUT2D eigenvalue weighted by Crippen LogP contribution is -2.10. The van der Waals surface area contributed by atoms with E-state index in [9.17, 15) is 4.79 Å². The standard InChI is InChI=1S/C20H19N3O3/c1-2-6-15-9-10-19(26-14-20(24)25)17(11-15)18-13-23(22-21-18)12-16-7-4-3-5-8-16/h2-5,7-11,13H,1,6,12,14H2,(H,24,25). The summed E-state index contributed by atoms with van der Waals surface area (Å²) in [7, 11) is 0. The fourth-order valence-electron chi connectivity index (χ4n) is 2.61. The summed E-state index contributed by atoms with van der Waals surface area (Å²) < 4.78 is 7.15. The molecule has 1 heterocycles. The molecule has 1 N–H and O–H groups in total. The van der Waals surface area contributed by atoms with Crippen molar-refractivity contribution in [3.05, 3.63) is 78.5 Å². The van der Waals surface area contributed by atoms with Crippen molar-refractivity contribution in [1.82, 2.24) is 15.0 Å². The van der Waals surface area contributed by atoms with Crippen molar-refractivity contribution >= 4 is 5.97 Å². The van der Waals surface area contributed by atoms with Crippen LogP contribution >= 0.6 is 0 Å². The molecular formula is C20H19N3O3. The van der Waals surface area contributed by atoms with Crippen molar-refractivity contribution in [3.63, 3.8) is 0 Å². The quantitative estimate of drug-likeness (QED) is 0.632. The Labute approximate surface area is 151 Å². The van der Waals surface area contributed by atoms with Crippen LogP contribution in [0.15, 0.2) is 67.4 Å². The van der Waals surface area contributed by atoms with Crippen LogP contribution in [0.4, 0.5) is 0 Å². The van der Waals surface area contributed by atoms with Crippen LogP contribution in [0.1, 0.15) is 11.1 Å². The van der Waals surface area contributed by atoms with E-state index in [4.69, 9.17) is 9.84 Å². The number of aliphatic carboxylic acids is 1. The molecule has 3 rings (SSSR count). The van der Waals surface area contributed by atoms with E-state index in [2.05, 4.69) is 16.9 Å². The minimum Gasteiger partial charge on any atom is -0.481 e. The average Bonchev–Trinajstić information content (AvgIpc) is 3.10. The topological polar surface area (TPSA) is 77.2 Å². The number of ether oxygens (including phenoxy) is 1. The van der Waals surface area contributed by atoms with Crippen molar-refractivity contribution in [2.24, 2.45) is 0 Å². The van der Waals surface area contributed by atoms with Crippen LogP contribution in [0.25, 0.3) is 11.3 Å². The molecule has 0 unspecified atom stereocenters. The zero-order valence-electron chi connectivity index (χ0n) is 14.2. The highest BCUT2D eigenvalue weighted by Gasteiger charge is 2.13. The van der Waals surface area contributed by atoms with Gasteiger partial charge in [-0.2, -0.15) is 0 Å². The first-order chi connectivity index (χ1) is 12.7. The Balaban J connectivity index is 1.89. The van der Waals surface area contributed by atoms with E-state index in [1.807, 2.05) is 54.7 Å². The number of hydrogen-bond donors (Lipinski definition) is 1. The van der Waals surface area contributed by atoms with Crippen LogP contribution in [0.2, 0.25) is 0 Å². The first-order valence-electron chi connectivity index (χ1n) is 8.18. The maximum absolute atomic E-state index is 10.8. The summed E-state index contributed by atoms with van der Waals surface area (Å²) in [5, 5.41) is 17.3. The number of carboxylic acid groups (broad SMARTS) is 1. The van der Waals surface area contributed by atoms with E-state index >= 15 is 0 Å². The van der Waals surface area contributed by atoms with E-state index < -0.39 is 12.6 Å². The molecule has 6 heteroatoms. The molecule has 6 nitrogen and oxygen atoms in total. The van der Waals surface area contributed by atoms with Gasteiger partial charge in [-0.25, -0.2) is 9.48 Å². The van der Waals surface area contributed by atoms with Gasteiger partial charge in [0, 0.05) is 5.56 Å². The van der Waals surface area contributed by atoms with E-state index in [-0.39, 0.29) is 0 Å². The Hall–Kier alpha value is -3.41. The first kappa shape index (κ1) is 17.4. The maximum Gasteiger partial charge on any atom is 0.341 e. The van der Waals surface area contributed by atoms with Gasteiger partial charge in [0.05, 0.1) is 12.7 Å². The van der Waals surface area contributed by atoms with Gasteiger partial charge in [0.15, 0.2) is 6.61 Å². The van der Waals surface area contributed by atoms with E-state index in [0.29, 0.717) is 30.0 Å². The molecule has 0 amide bonds. The van der Waals surface area contributed by atoms with Crippen LogP contribution in [0.3, 0.4) is 0 Å². The van der Waals surface area contributed by atoms with Gasteiger partial charge in [0.1, 0.15) is 11.4 Å². The van der Waals surface area contributed by atoms with Crippen LogP contribution in [-0.2, 0) is 17.8 Å². The first-order valence-corrected chi connectivity index (χ1v) is 8.18. The fraction of sp³-hybridized carbons (Fsp3) is 0.150. The molecule has 1 aromatic heterocycles. The van der Waals surface area contributed by atoms with Gasteiger partial charge in [-0.15, -0.1) is 11.7 Å². The van der Waals surface area contributed by atoms with Gasteiger partial charge < -0.3 is 9.84 Å². The molecule has 3 aromatic rings. The maximum atomic E-state index is 10.8. The SMILES string of the molecule is C=CCc1ccc(OCC(=O)O)c(-c2cn(Cc3ccccc3)nn2)c1. The number of aromatic nitrogens is 3. The summed E-state index contributed by atoms with van der Waals surface area (Å²) in [4.78, 5) is 10.8. The molecule has 0 radical (unpaired) electrons. The molecule has 0 saturated carbocycles. The molecule has 0 bridgehead atoms. The number of nitrogens with zero attached hydrogens (tertiary/aromatic N) is 3. The molecular weight excluding hydrogens is 330 g/mol. The van der Waals surface area contributed by atoms with Crippen LogP contribution in [0, 0.1) is 0 Å². The predicted molar refractivity (Wildman–Crippen MR) is 98.0 cm³/mol. The summed E-state index contributed by atoms with van der Waals surface area (Å²) in [6, 6.07) is 15.5. The third kappa shape index (κ3) is 4.36. The highest BCUT2D eigenvalue weighted by atomic mass is 16.5. The Kier molecular flexibility index (Phi) is 5.43. The fourth-order valence-corrected chi connectivity index (χ4v) is 2.61. The summed E-state index contributed by atoms with van der Waals surface area (Å²) in [6.45, 7) is 3.94. The monoisotopic (exact) mass is 349 g/mol. The number of rotatable bonds is 8. The van der Waals surface area contributed by atoms with Crippen molar-refractivity contribution in [3.8, 4) is 17.0 Å². The Morgan fingerprint density at radius 3 is 2.73 bits per heavy atom.